The lowest BCUT2D eigenvalue weighted by atomic mass is 10.0. The molecule has 0 saturated heterocycles. The van der Waals surface area contributed by atoms with E-state index in [4.69, 9.17) is 9.47 Å². The molecule has 0 radical (unpaired) electrons. The number of anilines is 1. The molecule has 7 nitrogen and oxygen atoms in total. The van der Waals surface area contributed by atoms with Crippen molar-refractivity contribution in [2.24, 2.45) is 0 Å². The Morgan fingerprint density at radius 1 is 0.962 bits per heavy atom. The first-order valence-corrected chi connectivity index (χ1v) is 8.30. The number of nitrogens with one attached hydrogen (secondary N) is 1. The summed E-state index contributed by atoms with van der Waals surface area (Å²) >= 11 is 0. The van der Waals surface area contributed by atoms with Gasteiger partial charge in [0.2, 0.25) is 0 Å². The van der Waals surface area contributed by atoms with Crippen molar-refractivity contribution in [3.63, 3.8) is 0 Å². The molecule has 26 heavy (non-hydrogen) atoms. The van der Waals surface area contributed by atoms with E-state index in [0.29, 0.717) is 17.3 Å². The topological polar surface area (TPSA) is 74.1 Å². The van der Waals surface area contributed by atoms with Gasteiger partial charge in [-0.1, -0.05) is 17.7 Å². The lowest BCUT2D eigenvalue weighted by molar-refractivity contribution is 0.354. The van der Waals surface area contributed by atoms with Gasteiger partial charge in [-0.2, -0.15) is 4.68 Å². The second-order valence-electron chi connectivity index (χ2n) is 6.57. The van der Waals surface area contributed by atoms with Crippen LogP contribution in [0.1, 0.15) is 25.2 Å². The average Bonchev–Trinajstić information content (AvgIpc) is 3.13. The molecule has 1 heterocycles. The Morgan fingerprint density at radius 2 is 1.65 bits per heavy atom. The Morgan fingerprint density at radius 3 is 2.31 bits per heavy atom. The molecule has 0 amide bonds. The van der Waals surface area contributed by atoms with E-state index in [2.05, 4.69) is 39.9 Å². The number of nitrogens with zero attached hydrogens (tertiary/aromatic N) is 4. The molecular weight excluding hydrogens is 330 g/mol. The molecule has 7 heteroatoms. The minimum Gasteiger partial charge on any atom is -0.493 e. The number of hydrogen-bond donors (Lipinski definition) is 1. The molecule has 3 aromatic rings. The third-order valence-electron chi connectivity index (χ3n) is 4.15. The van der Waals surface area contributed by atoms with Crippen molar-refractivity contribution >= 4 is 5.69 Å². The summed E-state index contributed by atoms with van der Waals surface area (Å²) < 4.78 is 12.4. The van der Waals surface area contributed by atoms with Crippen LogP contribution in [0.25, 0.3) is 5.69 Å². The van der Waals surface area contributed by atoms with Crippen LogP contribution in [0.15, 0.2) is 42.5 Å². The van der Waals surface area contributed by atoms with Gasteiger partial charge in [-0.15, -0.1) is 5.10 Å². The van der Waals surface area contributed by atoms with Gasteiger partial charge in [0.05, 0.1) is 25.4 Å². The van der Waals surface area contributed by atoms with Crippen LogP contribution in [0.5, 0.6) is 11.5 Å². The summed E-state index contributed by atoms with van der Waals surface area (Å²) in [6, 6.07) is 13.8. The molecule has 1 aromatic heterocycles. The van der Waals surface area contributed by atoms with Gasteiger partial charge in [-0.25, -0.2) is 0 Å². The molecule has 0 aliphatic heterocycles. The quantitative estimate of drug-likeness (QED) is 0.733. The van der Waals surface area contributed by atoms with Crippen LogP contribution in [0, 0.1) is 6.92 Å². The van der Waals surface area contributed by atoms with Gasteiger partial charge in [-0.3, -0.25) is 0 Å². The van der Waals surface area contributed by atoms with E-state index in [0.717, 1.165) is 11.4 Å². The van der Waals surface area contributed by atoms with Crippen LogP contribution >= 0.6 is 0 Å². The van der Waals surface area contributed by atoms with Crippen LogP contribution in [0.4, 0.5) is 5.69 Å². The van der Waals surface area contributed by atoms with Gasteiger partial charge >= 0.3 is 0 Å². The van der Waals surface area contributed by atoms with Gasteiger partial charge in [0, 0.05) is 11.8 Å². The highest BCUT2D eigenvalue weighted by atomic mass is 16.5. The summed E-state index contributed by atoms with van der Waals surface area (Å²) in [5.74, 6) is 1.96. The Bertz CT molecular complexity index is 887. The zero-order valence-corrected chi connectivity index (χ0v) is 15.6. The molecule has 0 bridgehead atoms. The molecule has 3 rings (SSSR count). The van der Waals surface area contributed by atoms with Crippen LogP contribution in [-0.4, -0.2) is 34.4 Å². The third-order valence-corrected chi connectivity index (χ3v) is 4.15. The van der Waals surface area contributed by atoms with E-state index in [9.17, 15) is 0 Å². The molecular formula is C19H23N5O2. The van der Waals surface area contributed by atoms with Gasteiger partial charge in [-0.05, 0) is 55.5 Å². The Kier molecular flexibility index (Phi) is 4.79. The molecule has 0 fully saturated rings. The lowest BCUT2D eigenvalue weighted by Crippen LogP contribution is -2.31. The summed E-state index contributed by atoms with van der Waals surface area (Å²) in [5.41, 5.74) is 2.51. The highest BCUT2D eigenvalue weighted by Gasteiger charge is 2.28. The third kappa shape index (κ3) is 3.46. The van der Waals surface area contributed by atoms with Crippen molar-refractivity contribution in [2.75, 3.05) is 19.5 Å². The van der Waals surface area contributed by atoms with Crippen molar-refractivity contribution in [3.8, 4) is 17.2 Å². The number of ether oxygens (including phenoxy) is 2. The molecule has 0 aliphatic rings. The Balaban J connectivity index is 1.95. The predicted octanol–water partition coefficient (Wildman–Crippen LogP) is 3.34. The summed E-state index contributed by atoms with van der Waals surface area (Å²) in [4.78, 5) is 0. The van der Waals surface area contributed by atoms with Crippen molar-refractivity contribution in [1.82, 2.24) is 20.2 Å². The highest BCUT2D eigenvalue weighted by molar-refractivity contribution is 5.50. The van der Waals surface area contributed by atoms with Gasteiger partial charge < -0.3 is 14.8 Å². The summed E-state index contributed by atoms with van der Waals surface area (Å²) in [7, 11) is 3.21. The highest BCUT2D eigenvalue weighted by Crippen LogP contribution is 2.31. The molecule has 1 N–H and O–H groups in total. The number of aryl methyl sites for hydroxylation is 1. The maximum absolute atomic E-state index is 5.38. The molecule has 0 atom stereocenters. The molecule has 0 aliphatic carbocycles. The van der Waals surface area contributed by atoms with E-state index in [1.165, 1.54) is 5.56 Å². The maximum atomic E-state index is 5.38. The Labute approximate surface area is 152 Å². The second kappa shape index (κ2) is 7.03. The fraction of sp³-hybridized carbons (Fsp3) is 0.316. The van der Waals surface area contributed by atoms with Crippen molar-refractivity contribution < 1.29 is 9.47 Å². The lowest BCUT2D eigenvalue weighted by Gasteiger charge is -2.26. The van der Waals surface area contributed by atoms with Crippen LogP contribution in [-0.2, 0) is 5.54 Å². The van der Waals surface area contributed by atoms with Crippen LogP contribution < -0.4 is 14.8 Å². The SMILES string of the molecule is COc1ccc(-n2nnnc2C(C)(C)Nc2ccc(C)cc2)cc1OC. The monoisotopic (exact) mass is 353 g/mol. The van der Waals surface area contributed by atoms with E-state index in [1.54, 1.807) is 18.9 Å². The first kappa shape index (κ1) is 17.7. The molecule has 0 spiro atoms. The minimum atomic E-state index is -0.494. The standard InChI is InChI=1S/C19H23N5O2/c1-13-6-8-14(9-7-13)20-19(2,3)18-21-22-23-24(18)15-10-11-16(25-4)17(12-15)26-5/h6-12,20H,1-5H3. The summed E-state index contributed by atoms with van der Waals surface area (Å²) in [6.07, 6.45) is 0. The number of aromatic nitrogens is 4. The average molecular weight is 353 g/mol. The van der Waals surface area contributed by atoms with Crippen molar-refractivity contribution in [2.45, 2.75) is 26.3 Å². The minimum absolute atomic E-state index is 0.494. The molecule has 2 aromatic carbocycles. The molecule has 136 valence electrons. The Hall–Kier alpha value is -3.09. The summed E-state index contributed by atoms with van der Waals surface area (Å²) in [5, 5.41) is 15.8. The number of rotatable bonds is 6. The van der Waals surface area contributed by atoms with Crippen LogP contribution in [0.3, 0.4) is 0 Å². The predicted molar refractivity (Wildman–Crippen MR) is 100 cm³/mol. The number of methoxy groups -OCH3 is 2. The first-order valence-electron chi connectivity index (χ1n) is 8.30. The fourth-order valence-electron chi connectivity index (χ4n) is 2.76. The zero-order valence-electron chi connectivity index (χ0n) is 15.6. The smallest absolute Gasteiger partial charge is 0.181 e. The zero-order chi connectivity index (χ0) is 18.7. The number of hydrogen-bond acceptors (Lipinski definition) is 6. The van der Waals surface area contributed by atoms with Gasteiger partial charge in [0.25, 0.3) is 0 Å². The van der Waals surface area contributed by atoms with E-state index < -0.39 is 5.54 Å². The van der Waals surface area contributed by atoms with Crippen LogP contribution in [0.2, 0.25) is 0 Å². The number of tetrazole rings is 1. The summed E-state index contributed by atoms with van der Waals surface area (Å²) in [6.45, 7) is 6.14. The van der Waals surface area contributed by atoms with E-state index in [1.807, 2.05) is 44.2 Å². The van der Waals surface area contributed by atoms with Gasteiger partial charge in [0.1, 0.15) is 0 Å². The normalized spacial score (nSPS) is 11.3. The van der Waals surface area contributed by atoms with Crippen molar-refractivity contribution in [1.29, 1.82) is 0 Å². The van der Waals surface area contributed by atoms with E-state index >= 15 is 0 Å². The molecule has 0 unspecified atom stereocenters. The number of benzene rings is 2. The maximum Gasteiger partial charge on any atom is 0.181 e. The largest absolute Gasteiger partial charge is 0.493 e. The molecule has 0 saturated carbocycles. The fourth-order valence-corrected chi connectivity index (χ4v) is 2.76. The van der Waals surface area contributed by atoms with Gasteiger partial charge in [0.15, 0.2) is 17.3 Å². The van der Waals surface area contributed by atoms with E-state index in [-0.39, 0.29) is 0 Å². The first-order chi connectivity index (χ1) is 12.4. The van der Waals surface area contributed by atoms with Crippen molar-refractivity contribution in [3.05, 3.63) is 53.9 Å². The second-order valence-corrected chi connectivity index (χ2v) is 6.57.